The third-order valence-electron chi connectivity index (χ3n) is 5.29. The van der Waals surface area contributed by atoms with Crippen molar-refractivity contribution in [3.63, 3.8) is 0 Å². The maximum atomic E-state index is 13.3. The minimum absolute atomic E-state index is 0.149. The molecule has 1 aromatic carbocycles. The monoisotopic (exact) mass is 406 g/mol. The van der Waals surface area contributed by atoms with Crippen molar-refractivity contribution in [2.24, 2.45) is 0 Å². The quantitative estimate of drug-likeness (QED) is 0.774. The van der Waals surface area contributed by atoms with Gasteiger partial charge in [0.05, 0.1) is 5.75 Å². The van der Waals surface area contributed by atoms with Gasteiger partial charge in [0.15, 0.2) is 5.69 Å². The molecule has 3 heterocycles. The van der Waals surface area contributed by atoms with E-state index < -0.39 is 15.8 Å². The second kappa shape index (κ2) is 7.63. The Bertz CT molecular complexity index is 957. The number of rotatable bonds is 4. The molecule has 2 aliphatic rings. The highest BCUT2D eigenvalue weighted by molar-refractivity contribution is 7.88. The first-order chi connectivity index (χ1) is 13.4. The summed E-state index contributed by atoms with van der Waals surface area (Å²) in [5, 5.41) is 4.42. The van der Waals surface area contributed by atoms with Crippen molar-refractivity contribution in [3.8, 4) is 0 Å². The molecule has 1 fully saturated rings. The number of aryl methyl sites for hydroxylation is 2. The molecule has 0 saturated carbocycles. The lowest BCUT2D eigenvalue weighted by Gasteiger charge is -2.33. The van der Waals surface area contributed by atoms with Crippen LogP contribution in [-0.2, 0) is 28.7 Å². The number of fused-ring (bicyclic) bond motifs is 1. The summed E-state index contributed by atoms with van der Waals surface area (Å²) < 4.78 is 41.8. The van der Waals surface area contributed by atoms with Crippen molar-refractivity contribution in [2.75, 3.05) is 26.2 Å². The predicted octanol–water partition coefficient (Wildman–Crippen LogP) is 1.65. The molecule has 9 heteroatoms. The van der Waals surface area contributed by atoms with E-state index in [2.05, 4.69) is 5.10 Å². The van der Waals surface area contributed by atoms with Crippen molar-refractivity contribution in [3.05, 3.63) is 53.1 Å². The van der Waals surface area contributed by atoms with Gasteiger partial charge >= 0.3 is 0 Å². The molecule has 0 radical (unpaired) electrons. The summed E-state index contributed by atoms with van der Waals surface area (Å²) in [6, 6.07) is 7.48. The van der Waals surface area contributed by atoms with Gasteiger partial charge in [-0.15, -0.1) is 0 Å². The number of piperazine rings is 1. The molecular formula is C19H23FN4O3S. The first-order valence-electron chi connectivity index (χ1n) is 9.51. The third kappa shape index (κ3) is 3.95. The maximum Gasteiger partial charge on any atom is 0.274 e. The molecule has 1 aromatic heterocycles. The highest BCUT2D eigenvalue weighted by atomic mass is 32.2. The smallest absolute Gasteiger partial charge is 0.274 e. The number of sulfonamides is 1. The Labute approximate surface area is 163 Å². The van der Waals surface area contributed by atoms with Crippen molar-refractivity contribution in [1.29, 1.82) is 0 Å². The lowest BCUT2D eigenvalue weighted by atomic mass is 10.1. The first kappa shape index (κ1) is 19.1. The lowest BCUT2D eigenvalue weighted by molar-refractivity contribution is 0.0691. The van der Waals surface area contributed by atoms with Crippen LogP contribution in [0.5, 0.6) is 0 Å². The topological polar surface area (TPSA) is 75.5 Å². The van der Waals surface area contributed by atoms with Crippen LogP contribution in [0, 0.1) is 5.82 Å². The molecule has 0 bridgehead atoms. The summed E-state index contributed by atoms with van der Waals surface area (Å²) in [6.45, 7) is 1.95. The average Bonchev–Trinajstić information content (AvgIpc) is 3.11. The molecule has 2 aliphatic heterocycles. The number of hydrogen-bond donors (Lipinski definition) is 0. The SMILES string of the molecule is O=C(c1cc2n(n1)CCCC2)N1CCN(S(=O)(=O)Cc2cccc(F)c2)CC1. The largest absolute Gasteiger partial charge is 0.335 e. The van der Waals surface area contributed by atoms with E-state index in [4.69, 9.17) is 0 Å². The van der Waals surface area contributed by atoms with Crippen molar-refractivity contribution in [2.45, 2.75) is 31.6 Å². The highest BCUT2D eigenvalue weighted by Crippen LogP contribution is 2.18. The number of carbonyl (C=O) groups excluding carboxylic acids is 1. The fraction of sp³-hybridized carbons (Fsp3) is 0.474. The standard InChI is InChI=1S/C19H23FN4O3S/c20-16-5-3-4-15(12-16)14-28(26,27)23-10-8-22(9-11-23)19(25)18-13-17-6-1-2-7-24(17)21-18/h3-5,12-13H,1-2,6-11,14H2. The molecule has 0 spiro atoms. The second-order valence-corrected chi connectivity index (χ2v) is 9.25. The molecule has 150 valence electrons. The van der Waals surface area contributed by atoms with Crippen molar-refractivity contribution < 1.29 is 17.6 Å². The lowest BCUT2D eigenvalue weighted by Crippen LogP contribution is -2.50. The number of nitrogens with zero attached hydrogens (tertiary/aromatic N) is 4. The van der Waals surface area contributed by atoms with E-state index in [0.29, 0.717) is 24.3 Å². The molecule has 4 rings (SSSR count). The van der Waals surface area contributed by atoms with Gasteiger partial charge in [-0.25, -0.2) is 12.8 Å². The van der Waals surface area contributed by atoms with Gasteiger partial charge < -0.3 is 4.90 Å². The zero-order valence-corrected chi connectivity index (χ0v) is 16.4. The van der Waals surface area contributed by atoms with Crippen LogP contribution >= 0.6 is 0 Å². The van der Waals surface area contributed by atoms with Crippen LogP contribution in [0.3, 0.4) is 0 Å². The van der Waals surface area contributed by atoms with Gasteiger partial charge in [-0.3, -0.25) is 9.48 Å². The molecule has 7 nitrogen and oxygen atoms in total. The van der Waals surface area contributed by atoms with Crippen LogP contribution in [-0.4, -0.2) is 59.5 Å². The van der Waals surface area contributed by atoms with Gasteiger partial charge in [0.1, 0.15) is 5.82 Å². The zero-order valence-electron chi connectivity index (χ0n) is 15.6. The van der Waals surface area contributed by atoms with E-state index in [9.17, 15) is 17.6 Å². The van der Waals surface area contributed by atoms with Gasteiger partial charge in [0, 0.05) is 38.4 Å². The summed E-state index contributed by atoms with van der Waals surface area (Å²) in [5.74, 6) is -0.845. The number of carbonyl (C=O) groups is 1. The van der Waals surface area contributed by atoms with E-state index in [-0.39, 0.29) is 24.7 Å². The van der Waals surface area contributed by atoms with Gasteiger partial charge in [-0.1, -0.05) is 12.1 Å². The van der Waals surface area contributed by atoms with E-state index in [1.54, 1.807) is 11.0 Å². The molecule has 1 saturated heterocycles. The molecule has 0 unspecified atom stereocenters. The minimum Gasteiger partial charge on any atom is -0.335 e. The Morgan fingerprint density at radius 3 is 2.57 bits per heavy atom. The van der Waals surface area contributed by atoms with Crippen LogP contribution < -0.4 is 0 Å². The molecule has 1 amide bonds. The molecule has 0 atom stereocenters. The Kier molecular flexibility index (Phi) is 5.20. The molecule has 2 aromatic rings. The summed E-state index contributed by atoms with van der Waals surface area (Å²) >= 11 is 0. The number of benzene rings is 1. The fourth-order valence-electron chi connectivity index (χ4n) is 3.78. The third-order valence-corrected chi connectivity index (χ3v) is 7.14. The average molecular weight is 406 g/mol. The van der Waals surface area contributed by atoms with Gasteiger partial charge in [-0.2, -0.15) is 9.40 Å². The fourth-order valence-corrected chi connectivity index (χ4v) is 5.29. The summed E-state index contributed by atoms with van der Waals surface area (Å²) in [6.07, 6.45) is 3.12. The summed E-state index contributed by atoms with van der Waals surface area (Å²) in [7, 11) is -3.56. The van der Waals surface area contributed by atoms with Crippen LogP contribution in [0.25, 0.3) is 0 Å². The Morgan fingerprint density at radius 2 is 1.86 bits per heavy atom. The molecule has 28 heavy (non-hydrogen) atoms. The minimum atomic E-state index is -3.56. The number of halogens is 1. The van der Waals surface area contributed by atoms with Crippen LogP contribution in [0.2, 0.25) is 0 Å². The zero-order chi connectivity index (χ0) is 19.7. The Hall–Kier alpha value is -2.26. The first-order valence-corrected chi connectivity index (χ1v) is 11.1. The molecule has 0 aliphatic carbocycles. The normalized spacial score (nSPS) is 18.1. The Morgan fingerprint density at radius 1 is 1.07 bits per heavy atom. The van der Waals surface area contributed by atoms with Gasteiger partial charge in [0.2, 0.25) is 10.0 Å². The Balaban J connectivity index is 1.38. The molecule has 0 N–H and O–H groups in total. The van der Waals surface area contributed by atoms with E-state index >= 15 is 0 Å². The van der Waals surface area contributed by atoms with Gasteiger partial charge in [-0.05, 0) is 43.0 Å². The highest BCUT2D eigenvalue weighted by Gasteiger charge is 2.30. The predicted molar refractivity (Wildman–Crippen MR) is 102 cm³/mol. The number of aromatic nitrogens is 2. The number of hydrogen-bond acceptors (Lipinski definition) is 4. The number of amides is 1. The molecular weight excluding hydrogens is 383 g/mol. The van der Waals surface area contributed by atoms with Crippen LogP contribution in [0.15, 0.2) is 30.3 Å². The second-order valence-electron chi connectivity index (χ2n) is 7.28. The van der Waals surface area contributed by atoms with E-state index in [1.807, 2.05) is 10.7 Å². The van der Waals surface area contributed by atoms with E-state index in [0.717, 1.165) is 31.5 Å². The van der Waals surface area contributed by atoms with E-state index in [1.165, 1.54) is 22.5 Å². The van der Waals surface area contributed by atoms with Crippen molar-refractivity contribution in [1.82, 2.24) is 19.0 Å². The maximum absolute atomic E-state index is 13.3. The van der Waals surface area contributed by atoms with Crippen LogP contribution in [0.1, 0.15) is 34.6 Å². The summed E-state index contributed by atoms with van der Waals surface area (Å²) in [4.78, 5) is 14.4. The van der Waals surface area contributed by atoms with Crippen LogP contribution in [0.4, 0.5) is 4.39 Å². The summed E-state index contributed by atoms with van der Waals surface area (Å²) in [5.41, 5.74) is 1.95. The van der Waals surface area contributed by atoms with Gasteiger partial charge in [0.25, 0.3) is 5.91 Å². The van der Waals surface area contributed by atoms with Crippen molar-refractivity contribution >= 4 is 15.9 Å².